The van der Waals surface area contributed by atoms with Gasteiger partial charge in [0.25, 0.3) is 0 Å². The number of nitrogens with two attached hydrogens (primary N) is 1. The van der Waals surface area contributed by atoms with Gasteiger partial charge in [-0.1, -0.05) is 23.7 Å². The molecule has 0 amide bonds. The van der Waals surface area contributed by atoms with E-state index in [0.717, 1.165) is 22.3 Å². The molecule has 2 aromatic rings. The third-order valence-electron chi connectivity index (χ3n) is 3.14. The molecule has 102 valence electrons. The molecule has 0 aliphatic heterocycles. The summed E-state index contributed by atoms with van der Waals surface area (Å²) in [6, 6.07) is 8.65. The van der Waals surface area contributed by atoms with Gasteiger partial charge in [-0.15, -0.1) is 12.4 Å². The number of hydrogen-bond acceptors (Lipinski definition) is 1. The minimum atomic E-state index is -0.304. The Kier molecular flexibility index (Phi) is 5.36. The Morgan fingerprint density at radius 3 is 2.16 bits per heavy atom. The van der Waals surface area contributed by atoms with Crippen molar-refractivity contribution in [1.29, 1.82) is 0 Å². The van der Waals surface area contributed by atoms with Gasteiger partial charge in [0.15, 0.2) is 0 Å². The average Bonchev–Trinajstić information content (AvgIpc) is 2.28. The number of halogens is 3. The van der Waals surface area contributed by atoms with E-state index in [0.29, 0.717) is 17.1 Å². The lowest BCUT2D eigenvalue weighted by Gasteiger charge is -2.12. The van der Waals surface area contributed by atoms with Crippen LogP contribution in [0.1, 0.15) is 16.7 Å². The Balaban J connectivity index is 0.00000180. The van der Waals surface area contributed by atoms with Crippen LogP contribution in [0, 0.1) is 19.7 Å². The summed E-state index contributed by atoms with van der Waals surface area (Å²) in [6.07, 6.45) is 0. The summed E-state index contributed by atoms with van der Waals surface area (Å²) in [5.74, 6) is -0.304. The van der Waals surface area contributed by atoms with E-state index in [4.69, 9.17) is 17.3 Å². The first kappa shape index (κ1) is 16.0. The molecule has 0 heterocycles. The smallest absolute Gasteiger partial charge is 0.132 e. The van der Waals surface area contributed by atoms with Gasteiger partial charge in [-0.3, -0.25) is 0 Å². The van der Waals surface area contributed by atoms with Gasteiger partial charge in [-0.25, -0.2) is 4.39 Å². The summed E-state index contributed by atoms with van der Waals surface area (Å²) < 4.78 is 13.9. The molecule has 0 saturated carbocycles. The zero-order valence-corrected chi connectivity index (χ0v) is 12.4. The molecule has 2 rings (SSSR count). The summed E-state index contributed by atoms with van der Waals surface area (Å²) >= 11 is 5.76. The molecule has 0 radical (unpaired) electrons. The van der Waals surface area contributed by atoms with Gasteiger partial charge in [0, 0.05) is 17.1 Å². The van der Waals surface area contributed by atoms with Gasteiger partial charge in [0.05, 0.1) is 0 Å². The quantitative estimate of drug-likeness (QED) is 0.859. The molecule has 0 unspecified atom stereocenters. The van der Waals surface area contributed by atoms with Gasteiger partial charge >= 0.3 is 0 Å². The number of hydrogen-bond donors (Lipinski definition) is 1. The Morgan fingerprint density at radius 2 is 1.68 bits per heavy atom. The minimum Gasteiger partial charge on any atom is -0.326 e. The largest absolute Gasteiger partial charge is 0.326 e. The molecule has 4 heteroatoms. The average molecular weight is 300 g/mol. The van der Waals surface area contributed by atoms with Gasteiger partial charge < -0.3 is 5.73 Å². The molecular formula is C15H16Cl2FN. The number of rotatable bonds is 2. The second kappa shape index (κ2) is 6.38. The topological polar surface area (TPSA) is 26.0 Å². The summed E-state index contributed by atoms with van der Waals surface area (Å²) in [5.41, 5.74) is 10.4. The zero-order valence-electron chi connectivity index (χ0n) is 10.8. The maximum absolute atomic E-state index is 13.9. The number of aryl methyl sites for hydroxylation is 2. The third kappa shape index (κ3) is 3.27. The van der Waals surface area contributed by atoms with Crippen LogP contribution in [0.5, 0.6) is 0 Å². The van der Waals surface area contributed by atoms with E-state index in [9.17, 15) is 4.39 Å². The molecule has 0 saturated heterocycles. The highest BCUT2D eigenvalue weighted by Crippen LogP contribution is 2.28. The molecule has 2 aromatic carbocycles. The first-order valence-corrected chi connectivity index (χ1v) is 6.16. The van der Waals surface area contributed by atoms with Gasteiger partial charge in [0.2, 0.25) is 0 Å². The molecular weight excluding hydrogens is 284 g/mol. The van der Waals surface area contributed by atoms with Crippen LogP contribution in [0.4, 0.5) is 4.39 Å². The van der Waals surface area contributed by atoms with Crippen LogP contribution in [-0.2, 0) is 6.54 Å². The van der Waals surface area contributed by atoms with Crippen molar-refractivity contribution < 1.29 is 4.39 Å². The monoisotopic (exact) mass is 299 g/mol. The first-order chi connectivity index (χ1) is 8.52. The summed E-state index contributed by atoms with van der Waals surface area (Å²) in [5, 5.41) is 0.406. The molecule has 0 aromatic heterocycles. The maximum Gasteiger partial charge on any atom is 0.132 e. The van der Waals surface area contributed by atoms with Crippen LogP contribution in [0.25, 0.3) is 11.1 Å². The lowest BCUT2D eigenvalue weighted by Crippen LogP contribution is -2.02. The maximum atomic E-state index is 13.9. The van der Waals surface area contributed by atoms with Crippen molar-refractivity contribution in [1.82, 2.24) is 0 Å². The Bertz CT molecular complexity index is 574. The molecule has 19 heavy (non-hydrogen) atoms. The van der Waals surface area contributed by atoms with E-state index >= 15 is 0 Å². The highest BCUT2D eigenvalue weighted by molar-refractivity contribution is 6.30. The van der Waals surface area contributed by atoms with Crippen LogP contribution in [0.3, 0.4) is 0 Å². The van der Waals surface area contributed by atoms with E-state index < -0.39 is 0 Å². The molecule has 0 aliphatic rings. The van der Waals surface area contributed by atoms with E-state index in [-0.39, 0.29) is 18.2 Å². The second-order valence-corrected chi connectivity index (χ2v) is 4.85. The van der Waals surface area contributed by atoms with E-state index in [1.54, 1.807) is 12.1 Å². The van der Waals surface area contributed by atoms with Crippen molar-refractivity contribution in [3.05, 3.63) is 57.9 Å². The highest BCUT2D eigenvalue weighted by Gasteiger charge is 2.09. The Morgan fingerprint density at radius 1 is 1.11 bits per heavy atom. The third-order valence-corrected chi connectivity index (χ3v) is 3.38. The number of benzene rings is 2. The molecule has 0 fully saturated rings. The molecule has 0 atom stereocenters. The fourth-order valence-electron chi connectivity index (χ4n) is 2.19. The predicted octanol–water partition coefficient (Wildman–Crippen LogP) is 4.64. The van der Waals surface area contributed by atoms with E-state index in [2.05, 4.69) is 0 Å². The molecule has 0 bridgehead atoms. The predicted molar refractivity (Wildman–Crippen MR) is 81.5 cm³/mol. The molecule has 0 spiro atoms. The van der Waals surface area contributed by atoms with Gasteiger partial charge in [-0.2, -0.15) is 0 Å². The SMILES string of the molecule is Cc1cc(-c2ccc(Cl)cc2F)cc(C)c1CN.Cl. The van der Waals surface area contributed by atoms with Crippen molar-refractivity contribution >= 4 is 24.0 Å². The van der Waals surface area contributed by atoms with Crippen LogP contribution >= 0.6 is 24.0 Å². The summed E-state index contributed by atoms with van der Waals surface area (Å²) in [7, 11) is 0. The first-order valence-electron chi connectivity index (χ1n) is 5.78. The standard InChI is InChI=1S/C15H15ClFN.ClH/c1-9-5-11(6-10(2)14(9)8-18)13-4-3-12(16)7-15(13)17;/h3-7H,8,18H2,1-2H3;1H. The van der Waals surface area contributed by atoms with Crippen LogP contribution in [-0.4, -0.2) is 0 Å². The van der Waals surface area contributed by atoms with Crippen molar-refractivity contribution in [3.63, 3.8) is 0 Å². The highest BCUT2D eigenvalue weighted by atomic mass is 35.5. The minimum absolute atomic E-state index is 0. The second-order valence-electron chi connectivity index (χ2n) is 4.42. The van der Waals surface area contributed by atoms with Crippen LogP contribution in [0.2, 0.25) is 5.02 Å². The molecule has 2 N–H and O–H groups in total. The Hall–Kier alpha value is -1.09. The Labute approximate surface area is 124 Å². The van der Waals surface area contributed by atoms with Gasteiger partial charge in [-0.05, 0) is 54.3 Å². The normalized spacial score (nSPS) is 10.2. The van der Waals surface area contributed by atoms with Crippen molar-refractivity contribution in [2.75, 3.05) is 0 Å². The van der Waals surface area contributed by atoms with Crippen molar-refractivity contribution in [3.8, 4) is 11.1 Å². The lowest BCUT2D eigenvalue weighted by atomic mass is 9.95. The van der Waals surface area contributed by atoms with E-state index in [1.807, 2.05) is 26.0 Å². The van der Waals surface area contributed by atoms with Crippen LogP contribution in [0.15, 0.2) is 30.3 Å². The molecule has 1 nitrogen and oxygen atoms in total. The fourth-order valence-corrected chi connectivity index (χ4v) is 2.35. The zero-order chi connectivity index (χ0) is 13.3. The summed E-state index contributed by atoms with van der Waals surface area (Å²) in [4.78, 5) is 0. The van der Waals surface area contributed by atoms with Gasteiger partial charge in [0.1, 0.15) is 5.82 Å². The van der Waals surface area contributed by atoms with E-state index in [1.165, 1.54) is 6.07 Å². The lowest BCUT2D eigenvalue weighted by molar-refractivity contribution is 0.631. The van der Waals surface area contributed by atoms with Crippen molar-refractivity contribution in [2.24, 2.45) is 5.73 Å². The van der Waals surface area contributed by atoms with Crippen LogP contribution < -0.4 is 5.73 Å². The summed E-state index contributed by atoms with van der Waals surface area (Å²) in [6.45, 7) is 4.49. The fraction of sp³-hybridized carbons (Fsp3) is 0.200. The molecule has 0 aliphatic carbocycles. The van der Waals surface area contributed by atoms with Crippen molar-refractivity contribution in [2.45, 2.75) is 20.4 Å².